The molecule has 0 spiro atoms. The Morgan fingerprint density at radius 2 is 1.35 bits per heavy atom. The molecule has 0 saturated heterocycles. The first kappa shape index (κ1) is 16.7. The number of hydrogen-bond donors (Lipinski definition) is 2. The van der Waals surface area contributed by atoms with E-state index in [1.54, 1.807) is 13.8 Å². The average molecular weight is 310 g/mol. The van der Waals surface area contributed by atoms with Crippen LogP contribution in [0.4, 0.5) is 0 Å². The minimum atomic E-state index is -0.572. The summed E-state index contributed by atoms with van der Waals surface area (Å²) in [5.41, 5.74) is 2.00. The van der Waals surface area contributed by atoms with Gasteiger partial charge in [-0.3, -0.25) is 9.59 Å². The van der Waals surface area contributed by atoms with E-state index in [0.717, 1.165) is 11.1 Å². The minimum absolute atomic E-state index is 0.136. The Hall–Kier alpha value is -2.62. The largest absolute Gasteiger partial charge is 0.345 e. The average Bonchev–Trinajstić information content (AvgIpc) is 2.60. The van der Waals surface area contributed by atoms with Crippen molar-refractivity contribution in [3.05, 3.63) is 71.8 Å². The zero-order valence-electron chi connectivity index (χ0n) is 13.5. The molecule has 0 saturated carbocycles. The second-order valence-electron chi connectivity index (χ2n) is 5.41. The predicted octanol–water partition coefficient (Wildman–Crippen LogP) is 2.81. The van der Waals surface area contributed by atoms with Crippen LogP contribution < -0.4 is 10.6 Å². The fourth-order valence-corrected chi connectivity index (χ4v) is 2.33. The molecule has 2 aromatic carbocycles. The summed E-state index contributed by atoms with van der Waals surface area (Å²) in [4.78, 5) is 23.9. The van der Waals surface area contributed by atoms with Gasteiger partial charge in [0.2, 0.25) is 11.8 Å². The molecule has 0 heterocycles. The maximum atomic E-state index is 12.4. The van der Waals surface area contributed by atoms with E-state index >= 15 is 0 Å². The molecule has 1 unspecified atom stereocenters. The van der Waals surface area contributed by atoms with Gasteiger partial charge in [-0.15, -0.1) is 0 Å². The summed E-state index contributed by atoms with van der Waals surface area (Å²) < 4.78 is 0. The highest BCUT2D eigenvalue weighted by atomic mass is 16.2. The maximum absolute atomic E-state index is 12.4. The van der Waals surface area contributed by atoms with Gasteiger partial charge < -0.3 is 10.6 Å². The van der Waals surface area contributed by atoms with E-state index in [0.29, 0.717) is 6.42 Å². The normalized spacial score (nSPS) is 11.8. The molecule has 120 valence electrons. The number of rotatable bonds is 6. The van der Waals surface area contributed by atoms with Gasteiger partial charge in [-0.05, 0) is 18.1 Å². The molecule has 4 nitrogen and oxygen atoms in total. The molecule has 2 aromatic rings. The van der Waals surface area contributed by atoms with Crippen molar-refractivity contribution in [2.24, 2.45) is 0 Å². The van der Waals surface area contributed by atoms with Crippen molar-refractivity contribution in [3.63, 3.8) is 0 Å². The van der Waals surface area contributed by atoms with Gasteiger partial charge in [-0.1, -0.05) is 67.6 Å². The summed E-state index contributed by atoms with van der Waals surface area (Å²) in [6.07, 6.45) is 0.360. The highest BCUT2D eigenvalue weighted by Crippen LogP contribution is 2.21. The van der Waals surface area contributed by atoms with Crippen molar-refractivity contribution >= 4 is 11.8 Å². The monoisotopic (exact) mass is 310 g/mol. The Morgan fingerprint density at radius 3 is 1.78 bits per heavy atom. The Labute approximate surface area is 136 Å². The highest BCUT2D eigenvalue weighted by molar-refractivity contribution is 5.87. The minimum Gasteiger partial charge on any atom is -0.345 e. The van der Waals surface area contributed by atoms with Crippen molar-refractivity contribution in [1.29, 1.82) is 0 Å². The third kappa shape index (κ3) is 4.68. The quantitative estimate of drug-likeness (QED) is 0.862. The second-order valence-corrected chi connectivity index (χ2v) is 5.41. The van der Waals surface area contributed by atoms with E-state index in [9.17, 15) is 9.59 Å². The molecule has 2 amide bonds. The van der Waals surface area contributed by atoms with Crippen LogP contribution in [0.25, 0.3) is 0 Å². The van der Waals surface area contributed by atoms with E-state index in [-0.39, 0.29) is 17.9 Å². The second kappa shape index (κ2) is 8.13. The summed E-state index contributed by atoms with van der Waals surface area (Å²) in [6, 6.07) is 18.8. The van der Waals surface area contributed by atoms with Crippen LogP contribution in [-0.4, -0.2) is 17.9 Å². The van der Waals surface area contributed by atoms with Crippen molar-refractivity contribution in [1.82, 2.24) is 10.6 Å². The number of benzene rings is 2. The molecule has 2 N–H and O–H groups in total. The lowest BCUT2D eigenvalue weighted by molar-refractivity contribution is -0.128. The smallest absolute Gasteiger partial charge is 0.243 e. The van der Waals surface area contributed by atoms with Gasteiger partial charge >= 0.3 is 0 Å². The van der Waals surface area contributed by atoms with Gasteiger partial charge in [0.15, 0.2) is 0 Å². The van der Waals surface area contributed by atoms with Crippen molar-refractivity contribution in [2.75, 3.05) is 0 Å². The molecule has 0 radical (unpaired) electrons. The van der Waals surface area contributed by atoms with Crippen LogP contribution in [0, 0.1) is 0 Å². The van der Waals surface area contributed by atoms with Crippen LogP contribution in [0.2, 0.25) is 0 Å². The Bertz CT molecular complexity index is 601. The molecule has 0 aromatic heterocycles. The molecule has 2 rings (SSSR count). The lowest BCUT2D eigenvalue weighted by Gasteiger charge is -2.22. The van der Waals surface area contributed by atoms with Gasteiger partial charge in [0.1, 0.15) is 6.04 Å². The van der Waals surface area contributed by atoms with Crippen LogP contribution in [0.1, 0.15) is 37.4 Å². The fourth-order valence-electron chi connectivity index (χ4n) is 2.33. The third-order valence-corrected chi connectivity index (χ3v) is 3.64. The number of amides is 2. The van der Waals surface area contributed by atoms with Crippen LogP contribution in [0.3, 0.4) is 0 Å². The summed E-state index contributed by atoms with van der Waals surface area (Å²) in [7, 11) is 0. The first-order chi connectivity index (χ1) is 11.1. The fraction of sp³-hybridized carbons (Fsp3) is 0.263. The Kier molecular flexibility index (Phi) is 5.92. The topological polar surface area (TPSA) is 58.2 Å². The molecule has 1 atom stereocenters. The van der Waals surface area contributed by atoms with E-state index < -0.39 is 6.04 Å². The van der Waals surface area contributed by atoms with Crippen molar-refractivity contribution in [3.8, 4) is 0 Å². The number of carbonyl (C=O) groups is 2. The van der Waals surface area contributed by atoms with Gasteiger partial charge in [0, 0.05) is 6.42 Å². The summed E-state index contributed by atoms with van der Waals surface area (Å²) in [5.74, 6) is -0.340. The molecule has 0 fully saturated rings. The highest BCUT2D eigenvalue weighted by Gasteiger charge is 2.21. The summed E-state index contributed by atoms with van der Waals surface area (Å²) in [5, 5.41) is 5.71. The standard InChI is InChI=1S/C19H22N2O2/c1-3-17(22)20-14(2)19(23)21-18(15-10-6-4-7-11-15)16-12-8-5-9-13-16/h4-14,18H,3H2,1-2H3,(H,20,22)(H,21,23). The van der Waals surface area contributed by atoms with Gasteiger partial charge in [-0.25, -0.2) is 0 Å². The van der Waals surface area contributed by atoms with Crippen molar-refractivity contribution < 1.29 is 9.59 Å². The number of hydrogen-bond acceptors (Lipinski definition) is 2. The Balaban J connectivity index is 2.19. The molecule has 0 aliphatic heterocycles. The van der Waals surface area contributed by atoms with Crippen LogP contribution in [0.5, 0.6) is 0 Å². The van der Waals surface area contributed by atoms with Gasteiger partial charge in [0.25, 0.3) is 0 Å². The Morgan fingerprint density at radius 1 is 0.870 bits per heavy atom. The zero-order valence-corrected chi connectivity index (χ0v) is 13.5. The lowest BCUT2D eigenvalue weighted by Crippen LogP contribution is -2.45. The first-order valence-corrected chi connectivity index (χ1v) is 7.81. The molecule has 4 heteroatoms. The van der Waals surface area contributed by atoms with Crippen LogP contribution >= 0.6 is 0 Å². The van der Waals surface area contributed by atoms with E-state index in [1.165, 1.54) is 0 Å². The molecule has 0 aliphatic carbocycles. The van der Waals surface area contributed by atoms with Gasteiger partial charge in [-0.2, -0.15) is 0 Å². The molecular formula is C19H22N2O2. The van der Waals surface area contributed by atoms with E-state index in [1.807, 2.05) is 60.7 Å². The van der Waals surface area contributed by atoms with Crippen LogP contribution in [-0.2, 0) is 9.59 Å². The van der Waals surface area contributed by atoms with Crippen molar-refractivity contribution in [2.45, 2.75) is 32.4 Å². The van der Waals surface area contributed by atoms with Crippen LogP contribution in [0.15, 0.2) is 60.7 Å². The number of nitrogens with one attached hydrogen (secondary N) is 2. The molecule has 23 heavy (non-hydrogen) atoms. The molecule has 0 bridgehead atoms. The predicted molar refractivity (Wildman–Crippen MR) is 90.8 cm³/mol. The van der Waals surface area contributed by atoms with E-state index in [2.05, 4.69) is 10.6 Å². The van der Waals surface area contributed by atoms with Gasteiger partial charge in [0.05, 0.1) is 6.04 Å². The molecular weight excluding hydrogens is 288 g/mol. The van der Waals surface area contributed by atoms with E-state index in [4.69, 9.17) is 0 Å². The lowest BCUT2D eigenvalue weighted by atomic mass is 9.98. The maximum Gasteiger partial charge on any atom is 0.243 e. The first-order valence-electron chi connectivity index (χ1n) is 7.81. The zero-order chi connectivity index (χ0) is 16.7. The SMILES string of the molecule is CCC(=O)NC(C)C(=O)NC(c1ccccc1)c1ccccc1. The summed E-state index contributed by atoms with van der Waals surface area (Å²) in [6.45, 7) is 3.45. The molecule has 0 aliphatic rings. The third-order valence-electron chi connectivity index (χ3n) is 3.64. The number of carbonyl (C=O) groups excluding carboxylic acids is 2. The summed E-state index contributed by atoms with van der Waals surface area (Å²) >= 11 is 0.